The van der Waals surface area contributed by atoms with Crippen molar-refractivity contribution in [2.24, 2.45) is 5.73 Å². The number of primary amides is 1. The normalized spacial score (nSPS) is 16.5. The Bertz CT molecular complexity index is 773. The van der Waals surface area contributed by atoms with Crippen LogP contribution in [-0.4, -0.2) is 47.0 Å². The molecule has 0 aliphatic carbocycles. The van der Waals surface area contributed by atoms with Gasteiger partial charge in [-0.3, -0.25) is 4.79 Å². The maximum Gasteiger partial charge on any atom is 0.248 e. The van der Waals surface area contributed by atoms with Gasteiger partial charge in [0.1, 0.15) is 0 Å². The molecule has 0 spiro atoms. The molecule has 1 atom stereocenters. The predicted octanol–water partition coefficient (Wildman–Crippen LogP) is 0.838. The van der Waals surface area contributed by atoms with Crippen LogP contribution in [0.3, 0.4) is 0 Å². The molecule has 1 aliphatic rings. The minimum Gasteiger partial charge on any atom is -0.366 e. The summed E-state index contributed by atoms with van der Waals surface area (Å²) in [4.78, 5) is 24.5. The second-order valence-electron chi connectivity index (χ2n) is 5.91. The summed E-state index contributed by atoms with van der Waals surface area (Å²) in [5, 5.41) is 12.7. The van der Waals surface area contributed by atoms with Crippen LogP contribution in [0.2, 0.25) is 0 Å². The van der Waals surface area contributed by atoms with Gasteiger partial charge in [-0.1, -0.05) is 6.07 Å². The first-order valence-corrected chi connectivity index (χ1v) is 8.13. The predicted molar refractivity (Wildman–Crippen MR) is 97.3 cm³/mol. The number of aryl methyl sites for hydroxylation is 1. The van der Waals surface area contributed by atoms with Gasteiger partial charge in [0.25, 0.3) is 0 Å². The zero-order chi connectivity index (χ0) is 17.8. The van der Waals surface area contributed by atoms with E-state index in [1.54, 1.807) is 19.2 Å². The Morgan fingerprint density at radius 1 is 1.24 bits per heavy atom. The number of carbonyl (C=O) groups excluding carboxylic acids is 1. The molecule has 0 saturated carbocycles. The number of benzene rings is 1. The van der Waals surface area contributed by atoms with Crippen molar-refractivity contribution in [1.29, 1.82) is 0 Å². The average Bonchev–Trinajstić information content (AvgIpc) is 3.09. The topological polar surface area (TPSA) is 130 Å². The van der Waals surface area contributed by atoms with Gasteiger partial charge in [0.2, 0.25) is 23.8 Å². The summed E-state index contributed by atoms with van der Waals surface area (Å²) < 4.78 is 0. The van der Waals surface area contributed by atoms with E-state index in [4.69, 9.17) is 5.73 Å². The number of carbonyl (C=O) groups is 1. The molecule has 0 bridgehead atoms. The summed E-state index contributed by atoms with van der Waals surface area (Å²) in [6.07, 6.45) is 1.02. The van der Waals surface area contributed by atoms with Crippen molar-refractivity contribution >= 4 is 29.4 Å². The van der Waals surface area contributed by atoms with Crippen LogP contribution in [0.4, 0.5) is 23.5 Å². The second kappa shape index (κ2) is 7.31. The van der Waals surface area contributed by atoms with Gasteiger partial charge in [-0.2, -0.15) is 15.0 Å². The standard InChI is InChI=1S/C16H22N8O/c1-9-3-4-10(13(17)25)7-12(9)21-16-23-14(18-2)22-15(24-16)20-11-5-6-19-8-11/h3-4,7,11,19H,5-6,8H2,1-2H3,(H2,17,25)(H3,18,20,21,22,23,24)/t11-/m0/s1. The van der Waals surface area contributed by atoms with Gasteiger partial charge in [0.15, 0.2) is 0 Å². The van der Waals surface area contributed by atoms with Crippen LogP contribution in [0.25, 0.3) is 0 Å². The monoisotopic (exact) mass is 342 g/mol. The number of hydrogen-bond acceptors (Lipinski definition) is 8. The average molecular weight is 342 g/mol. The maximum absolute atomic E-state index is 11.4. The Balaban J connectivity index is 1.86. The summed E-state index contributed by atoms with van der Waals surface area (Å²) in [5.74, 6) is 0.858. The van der Waals surface area contributed by atoms with E-state index in [1.807, 2.05) is 13.0 Å². The smallest absolute Gasteiger partial charge is 0.248 e. The SMILES string of the molecule is CNc1nc(Nc2cc(C(N)=O)ccc2C)nc(N[C@H]2CCNC2)n1. The van der Waals surface area contributed by atoms with Gasteiger partial charge in [0.05, 0.1) is 0 Å². The van der Waals surface area contributed by atoms with Crippen LogP contribution in [0.15, 0.2) is 18.2 Å². The van der Waals surface area contributed by atoms with E-state index in [1.165, 1.54) is 0 Å². The number of nitrogens with one attached hydrogen (secondary N) is 4. The van der Waals surface area contributed by atoms with Crippen LogP contribution in [0.1, 0.15) is 22.3 Å². The van der Waals surface area contributed by atoms with Crippen molar-refractivity contribution in [3.8, 4) is 0 Å². The van der Waals surface area contributed by atoms with Crippen molar-refractivity contribution < 1.29 is 4.79 Å². The van der Waals surface area contributed by atoms with Crippen LogP contribution in [0.5, 0.6) is 0 Å². The molecule has 2 aromatic rings. The molecular weight excluding hydrogens is 320 g/mol. The van der Waals surface area contributed by atoms with Gasteiger partial charge in [0, 0.05) is 30.9 Å². The highest BCUT2D eigenvalue weighted by Gasteiger charge is 2.16. The molecule has 25 heavy (non-hydrogen) atoms. The zero-order valence-electron chi connectivity index (χ0n) is 14.3. The second-order valence-corrected chi connectivity index (χ2v) is 5.91. The third-order valence-electron chi connectivity index (χ3n) is 4.02. The fraction of sp³-hybridized carbons (Fsp3) is 0.375. The summed E-state index contributed by atoms with van der Waals surface area (Å²) in [6.45, 7) is 3.78. The van der Waals surface area contributed by atoms with Gasteiger partial charge < -0.3 is 27.0 Å². The van der Waals surface area contributed by atoms with Crippen molar-refractivity contribution in [2.75, 3.05) is 36.1 Å². The molecule has 1 amide bonds. The fourth-order valence-corrected chi connectivity index (χ4v) is 2.60. The highest BCUT2D eigenvalue weighted by Crippen LogP contribution is 2.21. The number of rotatable bonds is 6. The highest BCUT2D eigenvalue weighted by molar-refractivity contribution is 5.94. The lowest BCUT2D eigenvalue weighted by Crippen LogP contribution is -2.24. The molecule has 3 rings (SSSR count). The summed E-state index contributed by atoms with van der Waals surface area (Å²) in [5.41, 5.74) is 7.45. The highest BCUT2D eigenvalue weighted by atomic mass is 16.1. The number of amides is 1. The Kier molecular flexibility index (Phi) is 4.94. The third-order valence-corrected chi connectivity index (χ3v) is 4.02. The fourth-order valence-electron chi connectivity index (χ4n) is 2.60. The van der Waals surface area contributed by atoms with Crippen LogP contribution < -0.4 is 27.0 Å². The summed E-state index contributed by atoms with van der Waals surface area (Å²) >= 11 is 0. The van der Waals surface area contributed by atoms with Gasteiger partial charge in [-0.05, 0) is 37.6 Å². The lowest BCUT2D eigenvalue weighted by Gasteiger charge is -2.14. The number of nitrogens with zero attached hydrogens (tertiary/aromatic N) is 3. The molecule has 9 heteroatoms. The van der Waals surface area contributed by atoms with Crippen molar-refractivity contribution in [3.05, 3.63) is 29.3 Å². The number of nitrogens with two attached hydrogens (primary N) is 1. The molecule has 9 nitrogen and oxygen atoms in total. The molecule has 1 aliphatic heterocycles. The Hall–Kier alpha value is -2.94. The van der Waals surface area contributed by atoms with Crippen molar-refractivity contribution in [1.82, 2.24) is 20.3 Å². The number of hydrogen-bond donors (Lipinski definition) is 5. The van der Waals surface area contributed by atoms with Crippen LogP contribution >= 0.6 is 0 Å². The van der Waals surface area contributed by atoms with Gasteiger partial charge >= 0.3 is 0 Å². The van der Waals surface area contributed by atoms with Crippen molar-refractivity contribution in [2.45, 2.75) is 19.4 Å². The summed E-state index contributed by atoms with van der Waals surface area (Å²) in [7, 11) is 1.75. The Labute approximate surface area is 145 Å². The summed E-state index contributed by atoms with van der Waals surface area (Å²) in [6, 6.07) is 5.50. The van der Waals surface area contributed by atoms with Crippen molar-refractivity contribution in [3.63, 3.8) is 0 Å². The largest absolute Gasteiger partial charge is 0.366 e. The minimum atomic E-state index is -0.481. The number of aromatic nitrogens is 3. The third kappa shape index (κ3) is 4.13. The zero-order valence-corrected chi connectivity index (χ0v) is 14.3. The lowest BCUT2D eigenvalue weighted by atomic mass is 10.1. The lowest BCUT2D eigenvalue weighted by molar-refractivity contribution is 0.100. The van der Waals surface area contributed by atoms with Gasteiger partial charge in [-0.15, -0.1) is 0 Å². The molecule has 132 valence electrons. The minimum absolute atomic E-state index is 0.292. The molecular formula is C16H22N8O. The van der Waals surface area contributed by atoms with E-state index in [9.17, 15) is 4.79 Å². The molecule has 0 unspecified atom stereocenters. The van der Waals surface area contributed by atoms with E-state index in [2.05, 4.69) is 36.2 Å². The molecule has 1 fully saturated rings. The maximum atomic E-state index is 11.4. The molecule has 1 aromatic heterocycles. The molecule has 1 aromatic carbocycles. The van der Waals surface area contributed by atoms with E-state index in [-0.39, 0.29) is 0 Å². The Morgan fingerprint density at radius 3 is 2.68 bits per heavy atom. The van der Waals surface area contributed by atoms with E-state index in [0.29, 0.717) is 29.5 Å². The quantitative estimate of drug-likeness (QED) is 0.522. The molecule has 0 radical (unpaired) electrons. The Morgan fingerprint density at radius 2 is 2.00 bits per heavy atom. The van der Waals surface area contributed by atoms with Crippen LogP contribution in [-0.2, 0) is 0 Å². The molecule has 6 N–H and O–H groups in total. The van der Waals surface area contributed by atoms with Gasteiger partial charge in [-0.25, -0.2) is 0 Å². The first-order chi connectivity index (χ1) is 12.0. The first kappa shape index (κ1) is 16.9. The van der Waals surface area contributed by atoms with E-state index in [0.717, 1.165) is 30.8 Å². The molecule has 2 heterocycles. The van der Waals surface area contributed by atoms with Crippen LogP contribution in [0, 0.1) is 6.92 Å². The number of anilines is 4. The van der Waals surface area contributed by atoms with E-state index >= 15 is 0 Å². The van der Waals surface area contributed by atoms with E-state index < -0.39 is 5.91 Å². The first-order valence-electron chi connectivity index (χ1n) is 8.13. The molecule has 1 saturated heterocycles.